The maximum absolute atomic E-state index is 12.9. The summed E-state index contributed by atoms with van der Waals surface area (Å²) in [6.45, 7) is 3.85. The van der Waals surface area contributed by atoms with E-state index in [2.05, 4.69) is 17.0 Å². The van der Waals surface area contributed by atoms with E-state index in [9.17, 15) is 10.1 Å². The molecule has 126 valence electrons. The standard InChI is InChI=1S/C19H17ClN4O/c1-4-12-6-5-7-14-16(10-22-17(12)14)18(25)13(9-21)8-15-11(2)23-24(3)19(15)20/h5-8,10,22H,4H2,1-3H3. The van der Waals surface area contributed by atoms with Crippen molar-refractivity contribution in [1.82, 2.24) is 14.8 Å². The summed E-state index contributed by atoms with van der Waals surface area (Å²) in [6, 6.07) is 7.82. The third kappa shape index (κ3) is 2.86. The highest BCUT2D eigenvalue weighted by molar-refractivity contribution is 6.31. The molecule has 2 heterocycles. The summed E-state index contributed by atoms with van der Waals surface area (Å²) in [5.74, 6) is -0.332. The van der Waals surface area contributed by atoms with Gasteiger partial charge in [-0.3, -0.25) is 9.48 Å². The Morgan fingerprint density at radius 3 is 2.84 bits per heavy atom. The number of nitrogens with one attached hydrogen (secondary N) is 1. The van der Waals surface area contributed by atoms with E-state index in [1.54, 1.807) is 20.2 Å². The number of allylic oxidation sites excluding steroid dienone is 1. The van der Waals surface area contributed by atoms with E-state index in [1.807, 2.05) is 24.3 Å². The van der Waals surface area contributed by atoms with E-state index in [1.165, 1.54) is 10.8 Å². The molecule has 0 unspecified atom stereocenters. The van der Waals surface area contributed by atoms with Crippen molar-refractivity contribution in [3.8, 4) is 6.07 Å². The summed E-state index contributed by atoms with van der Waals surface area (Å²) in [7, 11) is 1.71. The number of para-hydroxylation sites is 1. The number of aromatic nitrogens is 3. The third-order valence-electron chi connectivity index (χ3n) is 4.28. The molecule has 5 nitrogen and oxygen atoms in total. The van der Waals surface area contributed by atoms with Crippen LogP contribution in [-0.2, 0) is 13.5 Å². The minimum atomic E-state index is -0.332. The number of rotatable bonds is 4. The molecule has 2 aromatic heterocycles. The van der Waals surface area contributed by atoms with Crippen LogP contribution in [0.25, 0.3) is 17.0 Å². The first-order valence-electron chi connectivity index (χ1n) is 7.92. The zero-order valence-corrected chi connectivity index (χ0v) is 15.0. The Morgan fingerprint density at radius 1 is 1.48 bits per heavy atom. The van der Waals surface area contributed by atoms with Gasteiger partial charge < -0.3 is 4.98 Å². The number of nitrogens with zero attached hydrogens (tertiary/aromatic N) is 3. The molecule has 0 aliphatic heterocycles. The second-order valence-electron chi connectivity index (χ2n) is 5.81. The lowest BCUT2D eigenvalue weighted by molar-refractivity contribution is 0.104. The summed E-state index contributed by atoms with van der Waals surface area (Å²) in [5, 5.41) is 14.9. The molecule has 0 saturated carbocycles. The Balaban J connectivity index is 2.10. The van der Waals surface area contributed by atoms with E-state index in [-0.39, 0.29) is 11.4 Å². The molecule has 1 aromatic carbocycles. The highest BCUT2D eigenvalue weighted by atomic mass is 35.5. The molecule has 0 fully saturated rings. The van der Waals surface area contributed by atoms with Crippen LogP contribution in [0.1, 0.15) is 34.1 Å². The molecule has 3 aromatic rings. The van der Waals surface area contributed by atoms with Crippen LogP contribution in [-0.4, -0.2) is 20.5 Å². The lowest BCUT2D eigenvalue weighted by Gasteiger charge is -2.01. The number of benzene rings is 1. The normalized spacial score (nSPS) is 11.7. The molecule has 0 amide bonds. The predicted molar refractivity (Wildman–Crippen MR) is 98.6 cm³/mol. The minimum Gasteiger partial charge on any atom is -0.360 e. The van der Waals surface area contributed by atoms with E-state index in [0.717, 1.165) is 22.9 Å². The molecule has 1 N–H and O–H groups in total. The summed E-state index contributed by atoms with van der Waals surface area (Å²) in [5.41, 5.74) is 3.83. The molecular formula is C19H17ClN4O. The molecule has 0 aliphatic rings. The number of fused-ring (bicyclic) bond motifs is 1. The average molecular weight is 353 g/mol. The van der Waals surface area contributed by atoms with Crippen LogP contribution in [0.4, 0.5) is 0 Å². The predicted octanol–water partition coefficient (Wildman–Crippen LogP) is 4.22. The number of halogens is 1. The van der Waals surface area contributed by atoms with Crippen LogP contribution in [0, 0.1) is 18.3 Å². The Morgan fingerprint density at radius 2 is 2.24 bits per heavy atom. The van der Waals surface area contributed by atoms with Crippen LogP contribution in [0.3, 0.4) is 0 Å². The zero-order chi connectivity index (χ0) is 18.1. The lowest BCUT2D eigenvalue weighted by Crippen LogP contribution is -2.01. The van der Waals surface area contributed by atoms with Crippen LogP contribution in [0.15, 0.2) is 30.0 Å². The monoisotopic (exact) mass is 352 g/mol. The number of carbonyl (C=O) groups excluding carboxylic acids is 1. The molecule has 6 heteroatoms. The van der Waals surface area contributed by atoms with Crippen LogP contribution < -0.4 is 0 Å². The first-order chi connectivity index (χ1) is 12.0. The number of hydrogen-bond acceptors (Lipinski definition) is 3. The van der Waals surface area contributed by atoms with Gasteiger partial charge in [-0.25, -0.2) is 0 Å². The molecule has 0 bridgehead atoms. The quantitative estimate of drug-likeness (QED) is 0.434. The van der Waals surface area contributed by atoms with Gasteiger partial charge in [0, 0.05) is 35.3 Å². The minimum absolute atomic E-state index is 0.0285. The number of carbonyl (C=O) groups is 1. The number of Topliss-reactive ketones (excluding diaryl/α,β-unsaturated/α-hetero) is 1. The summed E-state index contributed by atoms with van der Waals surface area (Å²) >= 11 is 6.21. The molecular weight excluding hydrogens is 336 g/mol. The lowest BCUT2D eigenvalue weighted by atomic mass is 10.00. The fraction of sp³-hybridized carbons (Fsp3) is 0.211. The van der Waals surface area contributed by atoms with Crippen molar-refractivity contribution in [1.29, 1.82) is 5.26 Å². The molecule has 0 saturated heterocycles. The van der Waals surface area contributed by atoms with E-state index >= 15 is 0 Å². The summed E-state index contributed by atoms with van der Waals surface area (Å²) < 4.78 is 1.52. The Kier molecular flexibility index (Phi) is 4.47. The molecule has 0 aliphatic carbocycles. The maximum atomic E-state index is 12.9. The van der Waals surface area contributed by atoms with Gasteiger partial charge in [-0.05, 0) is 25.0 Å². The van der Waals surface area contributed by atoms with Gasteiger partial charge >= 0.3 is 0 Å². The number of aromatic amines is 1. The SMILES string of the molecule is CCc1cccc2c(C(=O)C(C#N)=Cc3c(C)nn(C)c3Cl)c[nH]c12. The van der Waals surface area contributed by atoms with Gasteiger partial charge in [0.05, 0.1) is 5.69 Å². The van der Waals surface area contributed by atoms with Crippen molar-refractivity contribution in [2.24, 2.45) is 7.05 Å². The highest BCUT2D eigenvalue weighted by Gasteiger charge is 2.19. The third-order valence-corrected chi connectivity index (χ3v) is 4.73. The van der Waals surface area contributed by atoms with Crippen molar-refractivity contribution in [2.75, 3.05) is 0 Å². The van der Waals surface area contributed by atoms with Gasteiger partial charge in [-0.2, -0.15) is 10.4 Å². The molecule has 0 spiro atoms. The number of nitriles is 1. The molecule has 3 rings (SSSR count). The van der Waals surface area contributed by atoms with Crippen molar-refractivity contribution < 1.29 is 4.79 Å². The highest BCUT2D eigenvalue weighted by Crippen LogP contribution is 2.26. The average Bonchev–Trinajstić information content (AvgIpc) is 3.14. The summed E-state index contributed by atoms with van der Waals surface area (Å²) in [4.78, 5) is 16.1. The van der Waals surface area contributed by atoms with E-state index < -0.39 is 0 Å². The number of hydrogen-bond donors (Lipinski definition) is 1. The Bertz CT molecular complexity index is 1050. The van der Waals surface area contributed by atoms with Crippen LogP contribution in [0.2, 0.25) is 5.15 Å². The van der Waals surface area contributed by atoms with E-state index in [0.29, 0.717) is 22.0 Å². The fourth-order valence-electron chi connectivity index (χ4n) is 2.95. The van der Waals surface area contributed by atoms with Gasteiger partial charge in [0.1, 0.15) is 16.8 Å². The van der Waals surface area contributed by atoms with Gasteiger partial charge in [0.2, 0.25) is 5.78 Å². The van der Waals surface area contributed by atoms with Crippen LogP contribution >= 0.6 is 11.6 Å². The Hall–Kier alpha value is -2.84. The first kappa shape index (κ1) is 17.0. The Labute approximate surface area is 150 Å². The number of aryl methyl sites for hydroxylation is 3. The van der Waals surface area contributed by atoms with Crippen molar-refractivity contribution in [3.05, 3.63) is 57.5 Å². The van der Waals surface area contributed by atoms with Gasteiger partial charge in [-0.1, -0.05) is 36.7 Å². The van der Waals surface area contributed by atoms with Crippen molar-refractivity contribution in [3.63, 3.8) is 0 Å². The topological polar surface area (TPSA) is 74.5 Å². The van der Waals surface area contributed by atoms with Gasteiger partial charge in [0.15, 0.2) is 0 Å². The van der Waals surface area contributed by atoms with Gasteiger partial charge in [-0.15, -0.1) is 0 Å². The molecule has 0 atom stereocenters. The first-order valence-corrected chi connectivity index (χ1v) is 8.30. The smallest absolute Gasteiger partial charge is 0.205 e. The second kappa shape index (κ2) is 6.58. The van der Waals surface area contributed by atoms with Crippen molar-refractivity contribution >= 4 is 34.4 Å². The number of H-pyrrole nitrogens is 1. The number of ketones is 1. The maximum Gasteiger partial charge on any atom is 0.205 e. The second-order valence-corrected chi connectivity index (χ2v) is 6.17. The fourth-order valence-corrected chi connectivity index (χ4v) is 3.18. The molecule has 25 heavy (non-hydrogen) atoms. The van der Waals surface area contributed by atoms with E-state index in [4.69, 9.17) is 11.6 Å². The van der Waals surface area contributed by atoms with Crippen molar-refractivity contribution in [2.45, 2.75) is 20.3 Å². The van der Waals surface area contributed by atoms with Crippen LogP contribution in [0.5, 0.6) is 0 Å². The zero-order valence-electron chi connectivity index (χ0n) is 14.2. The van der Waals surface area contributed by atoms with Gasteiger partial charge in [0.25, 0.3) is 0 Å². The summed E-state index contributed by atoms with van der Waals surface area (Å²) in [6.07, 6.45) is 4.03. The molecule has 0 radical (unpaired) electrons. The largest absolute Gasteiger partial charge is 0.360 e.